The molecule has 0 saturated heterocycles. The van der Waals surface area contributed by atoms with Crippen LogP contribution in [0, 0.1) is 5.92 Å². The largest absolute Gasteiger partial charge is 1.00 e. The van der Waals surface area contributed by atoms with Crippen molar-refractivity contribution in [2.45, 2.75) is 57.8 Å². The SMILES string of the molecule is CCc1ccc(C2=C[CH]([Zr+2]([C]3=C(C)C(C)=C(C)C3C)=[Si](C)C)c3ccccc32)cc1.[Cl-].[Cl-]. The Hall–Kier alpha value is -0.660. The summed E-state index contributed by atoms with van der Waals surface area (Å²) >= 11 is -1.90. The Balaban J connectivity index is 0.00000181. The zero-order valence-electron chi connectivity index (χ0n) is 20.3. The zero-order valence-corrected chi connectivity index (χ0v) is 25.3. The Morgan fingerprint density at radius 2 is 1.50 bits per heavy atom. The Morgan fingerprint density at radius 1 is 0.875 bits per heavy atom. The number of rotatable bonds is 4. The second-order valence-corrected chi connectivity index (χ2v) is 26.6. The van der Waals surface area contributed by atoms with Crippen LogP contribution >= 0.6 is 0 Å². The number of benzene rings is 2. The van der Waals surface area contributed by atoms with Crippen LogP contribution in [-0.2, 0) is 26.8 Å². The summed E-state index contributed by atoms with van der Waals surface area (Å²) in [7, 11) is 0. The summed E-state index contributed by atoms with van der Waals surface area (Å²) in [5, 5.41) is 0. The maximum Gasteiger partial charge on any atom is -1.00 e. The standard InChI is InChI=1S/C17H15.C9H13.C2H6Si.2ClH.Zr/c1-2-13-7-9-15(10-8-13)17-12-11-14-5-3-4-6-16(14)17;1-6-5-7(2)9(4)8(6)3;1-3-2;;;/h3-12H,2H2,1H3;6H,1-4H3;1-2H3;2*1H;/q;;;;;+2/p-2. The first-order valence-electron chi connectivity index (χ1n) is 11.3. The Labute approximate surface area is 215 Å². The third-order valence-electron chi connectivity index (χ3n) is 7.37. The maximum atomic E-state index is 2.69. The molecule has 0 nitrogen and oxygen atoms in total. The monoisotopic (exact) mass is 558 g/mol. The molecule has 4 rings (SSSR count). The molecule has 0 radical (unpaired) electrons. The number of hydrogen-bond donors (Lipinski definition) is 0. The van der Waals surface area contributed by atoms with E-state index in [0.29, 0.717) is 9.54 Å². The van der Waals surface area contributed by atoms with Crippen molar-refractivity contribution in [2.24, 2.45) is 5.92 Å². The number of hydrogen-bond acceptors (Lipinski definition) is 0. The van der Waals surface area contributed by atoms with Crippen LogP contribution in [0.15, 0.2) is 74.6 Å². The third-order valence-corrected chi connectivity index (χ3v) is 25.9. The van der Waals surface area contributed by atoms with Gasteiger partial charge < -0.3 is 24.8 Å². The molecule has 0 saturated carbocycles. The van der Waals surface area contributed by atoms with Gasteiger partial charge in [-0.05, 0) is 0 Å². The van der Waals surface area contributed by atoms with Gasteiger partial charge in [0, 0.05) is 0 Å². The van der Waals surface area contributed by atoms with Gasteiger partial charge in [-0.25, -0.2) is 0 Å². The quantitative estimate of drug-likeness (QED) is 0.501. The molecule has 2 aliphatic carbocycles. The maximum absolute atomic E-state index is 2.69. The summed E-state index contributed by atoms with van der Waals surface area (Å²) in [5.41, 5.74) is 11.9. The van der Waals surface area contributed by atoms with Gasteiger partial charge in [-0.3, -0.25) is 0 Å². The summed E-state index contributed by atoms with van der Waals surface area (Å²) in [6.45, 7) is 17.0. The Morgan fingerprint density at radius 3 is 2.03 bits per heavy atom. The zero-order chi connectivity index (χ0) is 21.6. The van der Waals surface area contributed by atoms with Gasteiger partial charge in [0.1, 0.15) is 0 Å². The topological polar surface area (TPSA) is 0 Å². The third kappa shape index (κ3) is 4.76. The minimum Gasteiger partial charge on any atom is -1.00 e. The van der Waals surface area contributed by atoms with Crippen LogP contribution in [0.5, 0.6) is 0 Å². The van der Waals surface area contributed by atoms with Crippen molar-refractivity contribution in [3.8, 4) is 0 Å². The summed E-state index contributed by atoms with van der Waals surface area (Å²) in [5.74, 6) is 0.660. The van der Waals surface area contributed by atoms with Crippen molar-refractivity contribution in [2.75, 3.05) is 0 Å². The van der Waals surface area contributed by atoms with E-state index in [2.05, 4.69) is 102 Å². The fourth-order valence-corrected chi connectivity index (χ4v) is 25.0. The molecule has 0 N–H and O–H groups in total. The molecule has 0 aromatic heterocycles. The molecular formula is C28H34Cl2SiZr. The van der Waals surface area contributed by atoms with Crippen molar-refractivity contribution in [3.05, 3.63) is 96.9 Å². The molecule has 0 fully saturated rings. The minimum atomic E-state index is -1.90. The van der Waals surface area contributed by atoms with Crippen LogP contribution in [0.3, 0.4) is 0 Å². The molecule has 0 spiro atoms. The van der Waals surface area contributed by atoms with Gasteiger partial charge >= 0.3 is 192 Å². The number of halogens is 2. The average Bonchev–Trinajstić information content (AvgIpc) is 3.22. The van der Waals surface area contributed by atoms with E-state index < -0.39 is 20.4 Å². The van der Waals surface area contributed by atoms with Crippen LogP contribution in [0.1, 0.15) is 60.5 Å². The van der Waals surface area contributed by atoms with E-state index in [1.807, 2.05) is 3.28 Å². The summed E-state index contributed by atoms with van der Waals surface area (Å²) in [6, 6.07) is 18.6. The number of aryl methyl sites for hydroxylation is 1. The fourth-order valence-electron chi connectivity index (χ4n) is 5.32. The van der Waals surface area contributed by atoms with Crippen LogP contribution in [0.4, 0.5) is 0 Å². The molecule has 2 aliphatic rings. The molecule has 2 unspecified atom stereocenters. The second-order valence-electron chi connectivity index (χ2n) is 9.18. The smallest absolute Gasteiger partial charge is 1.00 e. The van der Waals surface area contributed by atoms with Gasteiger partial charge in [-0.15, -0.1) is 0 Å². The Kier molecular flexibility index (Phi) is 9.63. The summed E-state index contributed by atoms with van der Waals surface area (Å²) in [6.07, 6.45) is 3.79. The molecule has 32 heavy (non-hydrogen) atoms. The minimum absolute atomic E-state index is 0. The summed E-state index contributed by atoms with van der Waals surface area (Å²) < 4.78 is 2.59. The van der Waals surface area contributed by atoms with E-state index in [9.17, 15) is 0 Å². The number of allylic oxidation sites excluding steroid dienone is 5. The fraction of sp³-hybridized carbons (Fsp3) is 0.357. The second kappa shape index (κ2) is 11.2. The van der Waals surface area contributed by atoms with Crippen molar-refractivity contribution in [3.63, 3.8) is 0 Å². The molecular weight excluding hydrogens is 527 g/mol. The van der Waals surface area contributed by atoms with Crippen LogP contribution in [-0.4, -0.2) is 5.43 Å². The first-order valence-corrected chi connectivity index (χ1v) is 20.1. The van der Waals surface area contributed by atoms with Crippen molar-refractivity contribution < 1.29 is 45.2 Å². The van der Waals surface area contributed by atoms with Gasteiger partial charge in [0.05, 0.1) is 0 Å². The van der Waals surface area contributed by atoms with Gasteiger partial charge in [-0.1, -0.05) is 0 Å². The Bertz CT molecular complexity index is 1130. The van der Waals surface area contributed by atoms with Crippen molar-refractivity contribution in [1.82, 2.24) is 0 Å². The predicted octanol–water partition coefficient (Wildman–Crippen LogP) is 1.87. The molecule has 0 aliphatic heterocycles. The van der Waals surface area contributed by atoms with Crippen LogP contribution in [0.2, 0.25) is 13.1 Å². The molecule has 0 amide bonds. The molecule has 2 aromatic rings. The molecule has 0 heterocycles. The first kappa shape index (κ1) is 27.6. The molecule has 2 atom stereocenters. The van der Waals surface area contributed by atoms with Crippen LogP contribution < -0.4 is 24.8 Å². The van der Waals surface area contributed by atoms with E-state index in [-0.39, 0.29) is 30.2 Å². The molecule has 4 heteroatoms. The van der Waals surface area contributed by atoms with Gasteiger partial charge in [0.2, 0.25) is 0 Å². The molecule has 0 bridgehead atoms. The molecule has 168 valence electrons. The van der Waals surface area contributed by atoms with E-state index in [1.165, 1.54) is 22.3 Å². The van der Waals surface area contributed by atoms with Crippen molar-refractivity contribution >= 4 is 11.0 Å². The first-order chi connectivity index (χ1) is 14.3. The van der Waals surface area contributed by atoms with E-state index in [4.69, 9.17) is 0 Å². The number of fused-ring (bicyclic) bond motifs is 1. The summed E-state index contributed by atoms with van der Waals surface area (Å²) in [4.78, 5) is 0. The van der Waals surface area contributed by atoms with Crippen LogP contribution in [0.25, 0.3) is 5.57 Å². The van der Waals surface area contributed by atoms with E-state index in [0.717, 1.165) is 6.42 Å². The van der Waals surface area contributed by atoms with E-state index >= 15 is 0 Å². The van der Waals surface area contributed by atoms with Gasteiger partial charge in [0.15, 0.2) is 0 Å². The van der Waals surface area contributed by atoms with Gasteiger partial charge in [0.25, 0.3) is 0 Å². The van der Waals surface area contributed by atoms with Gasteiger partial charge in [-0.2, -0.15) is 0 Å². The normalized spacial score (nSPS) is 19.0. The van der Waals surface area contributed by atoms with E-state index in [1.54, 1.807) is 22.3 Å². The van der Waals surface area contributed by atoms with Crippen molar-refractivity contribution in [1.29, 1.82) is 0 Å². The molecule has 2 aromatic carbocycles. The average molecular weight is 561 g/mol. The predicted molar refractivity (Wildman–Crippen MR) is 130 cm³/mol.